The van der Waals surface area contributed by atoms with E-state index in [1.807, 2.05) is 35.2 Å². The molecule has 2 heterocycles. The Hall–Kier alpha value is -2.65. The van der Waals surface area contributed by atoms with Crippen LogP contribution in [0.4, 0.5) is 0 Å². The first kappa shape index (κ1) is 14.3. The lowest BCUT2D eigenvalue weighted by molar-refractivity contribution is -0.599. The molecule has 0 saturated carbocycles. The van der Waals surface area contributed by atoms with Crippen LogP contribution in [0.15, 0.2) is 79.1 Å². The molecule has 0 saturated heterocycles. The largest absolute Gasteiger partial charge is 1.00 e. The van der Waals surface area contributed by atoms with Crippen molar-refractivity contribution >= 4 is 10.8 Å². The minimum atomic E-state index is 0. The first-order valence-electron chi connectivity index (χ1n) is 6.92. The predicted octanol–water partition coefficient (Wildman–Crippen LogP) is 0.511. The predicted molar refractivity (Wildman–Crippen MR) is 83.1 cm³/mol. The Morgan fingerprint density at radius 1 is 0.818 bits per heavy atom. The number of H-pyrrole nitrogens is 1. The minimum Gasteiger partial charge on any atom is -1.00 e. The van der Waals surface area contributed by atoms with Crippen molar-refractivity contribution in [3.05, 3.63) is 79.1 Å². The lowest BCUT2D eigenvalue weighted by atomic mass is 10.0. The SMILES string of the molecule is [Cl-].c1cc[n+](-c2cc(-c3cccc4ccccc34)[nH]n2)cc1. The lowest BCUT2D eigenvalue weighted by Gasteiger charge is -2.02. The van der Waals surface area contributed by atoms with Crippen molar-refractivity contribution in [2.75, 3.05) is 0 Å². The van der Waals surface area contributed by atoms with Crippen molar-refractivity contribution in [3.8, 4) is 17.1 Å². The summed E-state index contributed by atoms with van der Waals surface area (Å²) in [5, 5.41) is 10.0. The zero-order valence-corrected chi connectivity index (χ0v) is 12.5. The fraction of sp³-hybridized carbons (Fsp3) is 0. The van der Waals surface area contributed by atoms with Crippen LogP contribution in [0.5, 0.6) is 0 Å². The van der Waals surface area contributed by atoms with Gasteiger partial charge in [-0.05, 0) is 22.9 Å². The monoisotopic (exact) mass is 307 g/mol. The number of fused-ring (bicyclic) bond motifs is 1. The molecule has 4 heteroatoms. The molecular formula is C18H14ClN3. The highest BCUT2D eigenvalue weighted by atomic mass is 35.5. The number of nitrogens with zero attached hydrogens (tertiary/aromatic N) is 2. The summed E-state index contributed by atoms with van der Waals surface area (Å²) < 4.78 is 1.99. The Morgan fingerprint density at radius 3 is 2.45 bits per heavy atom. The second-order valence-corrected chi connectivity index (χ2v) is 4.95. The molecule has 0 bridgehead atoms. The van der Waals surface area contributed by atoms with E-state index in [-0.39, 0.29) is 12.4 Å². The lowest BCUT2D eigenvalue weighted by Crippen LogP contribution is -3.00. The quantitative estimate of drug-likeness (QED) is 0.538. The van der Waals surface area contributed by atoms with Crippen LogP contribution >= 0.6 is 0 Å². The number of halogens is 1. The topological polar surface area (TPSA) is 32.6 Å². The highest BCUT2D eigenvalue weighted by molar-refractivity contribution is 5.95. The molecule has 4 aromatic rings. The molecule has 4 rings (SSSR count). The van der Waals surface area contributed by atoms with Gasteiger partial charge in [-0.15, -0.1) is 0 Å². The molecule has 2 aromatic heterocycles. The van der Waals surface area contributed by atoms with E-state index in [4.69, 9.17) is 0 Å². The van der Waals surface area contributed by atoms with Gasteiger partial charge in [-0.1, -0.05) is 48.5 Å². The van der Waals surface area contributed by atoms with Crippen molar-refractivity contribution in [1.29, 1.82) is 0 Å². The van der Waals surface area contributed by atoms with Crippen LogP contribution in [0.25, 0.3) is 27.8 Å². The van der Waals surface area contributed by atoms with E-state index >= 15 is 0 Å². The van der Waals surface area contributed by atoms with E-state index < -0.39 is 0 Å². The molecule has 0 atom stereocenters. The van der Waals surface area contributed by atoms with Crippen LogP contribution in [0.1, 0.15) is 0 Å². The van der Waals surface area contributed by atoms with Crippen LogP contribution in [-0.2, 0) is 0 Å². The van der Waals surface area contributed by atoms with E-state index in [9.17, 15) is 0 Å². The van der Waals surface area contributed by atoms with Crippen molar-refractivity contribution in [2.24, 2.45) is 0 Å². The Bertz CT molecular complexity index is 895. The molecule has 22 heavy (non-hydrogen) atoms. The van der Waals surface area contributed by atoms with Crippen molar-refractivity contribution in [2.45, 2.75) is 0 Å². The number of nitrogens with one attached hydrogen (secondary N) is 1. The van der Waals surface area contributed by atoms with E-state index in [0.29, 0.717) is 0 Å². The number of pyridine rings is 1. The van der Waals surface area contributed by atoms with Gasteiger partial charge in [0.1, 0.15) is 0 Å². The highest BCUT2D eigenvalue weighted by Gasteiger charge is 2.14. The maximum absolute atomic E-state index is 4.41. The van der Waals surface area contributed by atoms with Gasteiger partial charge in [0, 0.05) is 5.56 Å². The molecule has 0 aliphatic heterocycles. The van der Waals surface area contributed by atoms with Gasteiger partial charge in [0.25, 0.3) is 0 Å². The normalized spacial score (nSPS) is 10.4. The van der Waals surface area contributed by atoms with Crippen LogP contribution < -0.4 is 17.0 Å². The molecule has 0 aliphatic rings. The summed E-state index contributed by atoms with van der Waals surface area (Å²) in [6.07, 6.45) is 3.98. The van der Waals surface area contributed by atoms with Gasteiger partial charge in [-0.2, -0.15) is 5.10 Å². The molecule has 0 fully saturated rings. The summed E-state index contributed by atoms with van der Waals surface area (Å²) in [5.74, 6) is 0.888. The van der Waals surface area contributed by atoms with Crippen LogP contribution in [0, 0.1) is 0 Å². The van der Waals surface area contributed by atoms with Gasteiger partial charge in [-0.25, -0.2) is 4.57 Å². The molecule has 0 radical (unpaired) electrons. The minimum absolute atomic E-state index is 0. The molecule has 0 unspecified atom stereocenters. The van der Waals surface area contributed by atoms with Crippen molar-refractivity contribution in [3.63, 3.8) is 0 Å². The van der Waals surface area contributed by atoms with Gasteiger partial charge in [0.2, 0.25) is 0 Å². The number of aromatic amines is 1. The number of rotatable bonds is 2. The van der Waals surface area contributed by atoms with Crippen LogP contribution in [0.2, 0.25) is 0 Å². The van der Waals surface area contributed by atoms with E-state index in [2.05, 4.69) is 58.7 Å². The Labute approximate surface area is 134 Å². The van der Waals surface area contributed by atoms with Gasteiger partial charge < -0.3 is 12.4 Å². The standard InChI is InChI=1S/C18H14N3.ClH/c1-4-11-21(12-5-1)18-13-17(19-20-18)16-10-6-8-14-7-2-3-9-15(14)16;/h1-13H,(H,19,20);1H/q+1;/p-1. The molecule has 2 aromatic carbocycles. The van der Waals surface area contributed by atoms with Gasteiger partial charge in [0.15, 0.2) is 0 Å². The van der Waals surface area contributed by atoms with Gasteiger partial charge in [-0.3, -0.25) is 0 Å². The smallest absolute Gasteiger partial charge is 0.354 e. The molecule has 1 N–H and O–H groups in total. The summed E-state index contributed by atoms with van der Waals surface area (Å²) in [6, 6.07) is 22.8. The maximum atomic E-state index is 4.41. The Balaban J connectivity index is 0.00000144. The van der Waals surface area contributed by atoms with Crippen molar-refractivity contribution < 1.29 is 17.0 Å². The zero-order valence-electron chi connectivity index (χ0n) is 11.8. The average Bonchev–Trinajstić information content (AvgIpc) is 3.05. The van der Waals surface area contributed by atoms with Crippen molar-refractivity contribution in [1.82, 2.24) is 10.2 Å². The van der Waals surface area contributed by atoms with E-state index in [1.165, 1.54) is 16.3 Å². The molecular weight excluding hydrogens is 294 g/mol. The highest BCUT2D eigenvalue weighted by Crippen LogP contribution is 2.27. The van der Waals surface area contributed by atoms with Gasteiger partial charge >= 0.3 is 5.82 Å². The zero-order chi connectivity index (χ0) is 14.1. The summed E-state index contributed by atoms with van der Waals surface area (Å²) in [4.78, 5) is 0. The Morgan fingerprint density at radius 2 is 1.59 bits per heavy atom. The fourth-order valence-corrected chi connectivity index (χ4v) is 2.59. The fourth-order valence-electron chi connectivity index (χ4n) is 2.59. The second kappa shape index (κ2) is 6.00. The summed E-state index contributed by atoms with van der Waals surface area (Å²) in [5.41, 5.74) is 2.20. The maximum Gasteiger partial charge on any atom is 0.354 e. The average molecular weight is 308 g/mol. The number of benzene rings is 2. The molecule has 0 amide bonds. The van der Waals surface area contributed by atoms with E-state index in [0.717, 1.165) is 11.5 Å². The first-order valence-corrected chi connectivity index (χ1v) is 6.92. The molecule has 0 aliphatic carbocycles. The number of aromatic nitrogens is 3. The van der Waals surface area contributed by atoms with Gasteiger partial charge in [0.05, 0.1) is 29.3 Å². The summed E-state index contributed by atoms with van der Waals surface area (Å²) in [6.45, 7) is 0. The van der Waals surface area contributed by atoms with E-state index in [1.54, 1.807) is 0 Å². The molecule has 3 nitrogen and oxygen atoms in total. The van der Waals surface area contributed by atoms with Crippen LogP contribution in [-0.4, -0.2) is 10.2 Å². The Kier molecular flexibility index (Phi) is 3.90. The number of hydrogen-bond acceptors (Lipinski definition) is 1. The molecule has 108 valence electrons. The summed E-state index contributed by atoms with van der Waals surface area (Å²) in [7, 11) is 0. The number of hydrogen-bond donors (Lipinski definition) is 1. The third kappa shape index (κ3) is 2.47. The molecule has 0 spiro atoms. The third-order valence-electron chi connectivity index (χ3n) is 3.62. The first-order chi connectivity index (χ1) is 10.4. The third-order valence-corrected chi connectivity index (χ3v) is 3.62. The van der Waals surface area contributed by atoms with Crippen LogP contribution in [0.3, 0.4) is 0 Å². The summed E-state index contributed by atoms with van der Waals surface area (Å²) >= 11 is 0. The second-order valence-electron chi connectivity index (χ2n) is 4.95.